The van der Waals surface area contributed by atoms with Crippen molar-refractivity contribution in [2.75, 3.05) is 13.2 Å². The smallest absolute Gasteiger partial charge is 0.305 e. The number of unbranched alkanes of at least 4 members (excludes halogenated alkanes) is 13. The third-order valence-electron chi connectivity index (χ3n) is 8.25. The van der Waals surface area contributed by atoms with E-state index in [9.17, 15) is 9.59 Å². The van der Waals surface area contributed by atoms with Gasteiger partial charge in [0, 0.05) is 12.8 Å². The Balaban J connectivity index is 3.51. The normalized spacial score (nSPS) is 12.4. The van der Waals surface area contributed by atoms with Gasteiger partial charge in [0.25, 0.3) is 0 Å². The molecule has 1 unspecified atom stereocenters. The lowest BCUT2D eigenvalue weighted by Gasteiger charge is -2.20. The molecule has 0 fully saturated rings. The van der Waals surface area contributed by atoms with Crippen LogP contribution in [-0.2, 0) is 19.1 Å². The molecule has 0 saturated heterocycles. The van der Waals surface area contributed by atoms with E-state index in [4.69, 9.17) is 9.47 Å². The molecule has 0 aliphatic carbocycles. The predicted molar refractivity (Wildman–Crippen MR) is 171 cm³/mol. The van der Waals surface area contributed by atoms with Crippen LogP contribution in [0.1, 0.15) is 183 Å². The van der Waals surface area contributed by atoms with E-state index < -0.39 is 0 Å². The molecule has 0 N–H and O–H groups in total. The third kappa shape index (κ3) is 28.5. The van der Waals surface area contributed by atoms with E-state index in [-0.39, 0.29) is 11.9 Å². The van der Waals surface area contributed by atoms with E-state index >= 15 is 0 Å². The zero-order chi connectivity index (χ0) is 29.8. The lowest BCUT2D eigenvalue weighted by Crippen LogP contribution is -2.13. The summed E-state index contributed by atoms with van der Waals surface area (Å²) in [6.07, 6.45) is 25.5. The van der Waals surface area contributed by atoms with Gasteiger partial charge in [-0.3, -0.25) is 9.59 Å². The van der Waals surface area contributed by atoms with Gasteiger partial charge in [-0.2, -0.15) is 0 Å². The van der Waals surface area contributed by atoms with Crippen molar-refractivity contribution in [3.63, 3.8) is 0 Å². The van der Waals surface area contributed by atoms with Crippen molar-refractivity contribution in [2.45, 2.75) is 183 Å². The van der Waals surface area contributed by atoms with Crippen molar-refractivity contribution in [1.82, 2.24) is 0 Å². The minimum Gasteiger partial charge on any atom is -0.466 e. The monoisotopic (exact) mass is 567 g/mol. The third-order valence-corrected chi connectivity index (χ3v) is 8.25. The van der Waals surface area contributed by atoms with Crippen molar-refractivity contribution in [2.24, 2.45) is 23.7 Å². The van der Waals surface area contributed by atoms with Crippen LogP contribution in [0.25, 0.3) is 0 Å². The van der Waals surface area contributed by atoms with Gasteiger partial charge in [-0.1, -0.05) is 131 Å². The number of hydrogen-bond donors (Lipinski definition) is 0. The fourth-order valence-corrected chi connectivity index (χ4v) is 5.38. The second kappa shape index (κ2) is 28.1. The number of carbonyl (C=O) groups is 2. The number of esters is 2. The highest BCUT2D eigenvalue weighted by Gasteiger charge is 2.15. The first-order valence-electron chi connectivity index (χ1n) is 17.5. The number of carbonyl (C=O) groups excluding carboxylic acids is 2. The van der Waals surface area contributed by atoms with Gasteiger partial charge in [0.15, 0.2) is 0 Å². The maximum absolute atomic E-state index is 12.1. The molecule has 4 nitrogen and oxygen atoms in total. The van der Waals surface area contributed by atoms with Gasteiger partial charge < -0.3 is 9.47 Å². The quantitative estimate of drug-likeness (QED) is 0.0667. The lowest BCUT2D eigenvalue weighted by atomic mass is 9.86. The molecule has 0 spiro atoms. The zero-order valence-corrected chi connectivity index (χ0v) is 27.9. The van der Waals surface area contributed by atoms with Crippen molar-refractivity contribution in [1.29, 1.82) is 0 Å². The number of hydrogen-bond acceptors (Lipinski definition) is 4. The van der Waals surface area contributed by atoms with Crippen LogP contribution in [0.2, 0.25) is 0 Å². The van der Waals surface area contributed by atoms with Crippen molar-refractivity contribution >= 4 is 11.9 Å². The molecule has 0 saturated carbocycles. The Kier molecular flexibility index (Phi) is 27.3. The van der Waals surface area contributed by atoms with E-state index in [1.807, 2.05) is 0 Å². The van der Waals surface area contributed by atoms with Crippen LogP contribution in [-0.4, -0.2) is 25.2 Å². The zero-order valence-electron chi connectivity index (χ0n) is 27.9. The number of rotatable bonds is 29. The average molecular weight is 567 g/mol. The first kappa shape index (κ1) is 38.9. The molecule has 0 aliphatic rings. The van der Waals surface area contributed by atoms with E-state index in [2.05, 4.69) is 41.5 Å². The van der Waals surface area contributed by atoms with Crippen LogP contribution in [0.4, 0.5) is 0 Å². The second-order valence-corrected chi connectivity index (χ2v) is 13.5. The molecule has 1 atom stereocenters. The minimum absolute atomic E-state index is 0.00171. The summed E-state index contributed by atoms with van der Waals surface area (Å²) < 4.78 is 10.8. The summed E-state index contributed by atoms with van der Waals surface area (Å²) in [4.78, 5) is 23.9. The molecule has 0 amide bonds. The molecule has 0 radical (unpaired) electrons. The number of ether oxygens (including phenoxy) is 2. The van der Waals surface area contributed by atoms with E-state index in [1.165, 1.54) is 83.5 Å². The van der Waals surface area contributed by atoms with Crippen LogP contribution in [0.15, 0.2) is 0 Å². The average Bonchev–Trinajstić information content (AvgIpc) is 2.89. The summed E-state index contributed by atoms with van der Waals surface area (Å²) in [5.74, 6) is 2.73. The summed E-state index contributed by atoms with van der Waals surface area (Å²) >= 11 is 0. The molecule has 238 valence electrons. The van der Waals surface area contributed by atoms with E-state index in [0.717, 1.165) is 56.8 Å². The summed E-state index contributed by atoms with van der Waals surface area (Å²) in [7, 11) is 0. The van der Waals surface area contributed by atoms with Gasteiger partial charge >= 0.3 is 11.9 Å². The first-order valence-corrected chi connectivity index (χ1v) is 17.5. The predicted octanol–water partition coefficient (Wildman–Crippen LogP) is 11.2. The van der Waals surface area contributed by atoms with Gasteiger partial charge in [0.1, 0.15) is 0 Å². The Labute approximate surface area is 250 Å². The molecule has 0 bridgehead atoms. The van der Waals surface area contributed by atoms with Crippen molar-refractivity contribution in [3.05, 3.63) is 0 Å². The molecule has 0 aromatic carbocycles. The maximum atomic E-state index is 12.1. The summed E-state index contributed by atoms with van der Waals surface area (Å²) in [5.41, 5.74) is 0. The molecular formula is C36H70O4. The Morgan fingerprint density at radius 3 is 1.23 bits per heavy atom. The van der Waals surface area contributed by atoms with Crippen molar-refractivity contribution < 1.29 is 19.1 Å². The van der Waals surface area contributed by atoms with Gasteiger partial charge in [-0.25, -0.2) is 0 Å². The minimum atomic E-state index is -0.00720. The highest BCUT2D eigenvalue weighted by atomic mass is 16.5. The highest BCUT2D eigenvalue weighted by Crippen LogP contribution is 2.24. The fourth-order valence-electron chi connectivity index (χ4n) is 5.38. The maximum Gasteiger partial charge on any atom is 0.305 e. The molecule has 0 aromatic heterocycles. The van der Waals surface area contributed by atoms with E-state index in [1.54, 1.807) is 0 Å². The molecule has 0 heterocycles. The fraction of sp³-hybridized carbons (Fsp3) is 0.944. The SMILES string of the molecule is CC(C)CCCCOC(=O)CCCCCCCCCCCCCCC(CCC(=O)OCCCCC(C)C)C(C)C. The Hall–Kier alpha value is -1.06. The van der Waals surface area contributed by atoms with Gasteiger partial charge in [-0.15, -0.1) is 0 Å². The second-order valence-electron chi connectivity index (χ2n) is 13.5. The van der Waals surface area contributed by atoms with Crippen LogP contribution < -0.4 is 0 Å². The van der Waals surface area contributed by atoms with Crippen LogP contribution in [0.5, 0.6) is 0 Å². The molecule has 0 aliphatic heterocycles. The Bertz CT molecular complexity index is 569. The molecule has 0 rings (SSSR count). The largest absolute Gasteiger partial charge is 0.466 e. The van der Waals surface area contributed by atoms with Gasteiger partial charge in [0.05, 0.1) is 13.2 Å². The molecular weight excluding hydrogens is 496 g/mol. The Morgan fingerprint density at radius 1 is 0.425 bits per heavy atom. The van der Waals surface area contributed by atoms with Crippen molar-refractivity contribution in [3.8, 4) is 0 Å². The van der Waals surface area contributed by atoms with E-state index in [0.29, 0.717) is 37.9 Å². The lowest BCUT2D eigenvalue weighted by molar-refractivity contribution is -0.145. The first-order chi connectivity index (χ1) is 19.2. The highest BCUT2D eigenvalue weighted by molar-refractivity contribution is 5.69. The summed E-state index contributed by atoms with van der Waals surface area (Å²) in [5, 5.41) is 0. The van der Waals surface area contributed by atoms with Crippen LogP contribution in [0.3, 0.4) is 0 Å². The van der Waals surface area contributed by atoms with Gasteiger partial charge in [0.2, 0.25) is 0 Å². The summed E-state index contributed by atoms with van der Waals surface area (Å²) in [6, 6.07) is 0. The standard InChI is InChI=1S/C36H70O4/c1-31(2)23-19-21-29-39-35(37)26-18-16-14-12-10-8-7-9-11-13-15-17-25-34(33(5)6)27-28-36(38)40-30-22-20-24-32(3)4/h31-34H,7-30H2,1-6H3. The Morgan fingerprint density at radius 2 is 0.800 bits per heavy atom. The summed E-state index contributed by atoms with van der Waals surface area (Å²) in [6.45, 7) is 14.7. The molecule has 0 aromatic rings. The molecule has 40 heavy (non-hydrogen) atoms. The van der Waals surface area contributed by atoms with Crippen LogP contribution >= 0.6 is 0 Å². The molecule has 4 heteroatoms. The van der Waals surface area contributed by atoms with Crippen LogP contribution in [0, 0.1) is 23.7 Å². The topological polar surface area (TPSA) is 52.6 Å². The van der Waals surface area contributed by atoms with Gasteiger partial charge in [-0.05, 0) is 62.2 Å².